The van der Waals surface area contributed by atoms with E-state index >= 15 is 0 Å². The largest absolute Gasteiger partial charge is 0.495 e. The van der Waals surface area contributed by atoms with Gasteiger partial charge in [0.1, 0.15) is 5.75 Å². The lowest BCUT2D eigenvalue weighted by Gasteiger charge is -2.13. The van der Waals surface area contributed by atoms with E-state index in [0.29, 0.717) is 0 Å². The summed E-state index contributed by atoms with van der Waals surface area (Å²) in [5.74, 6) is -6.65. The molecule has 1 heterocycles. The Labute approximate surface area is 88.0 Å². The van der Waals surface area contributed by atoms with E-state index in [-0.39, 0.29) is 5.75 Å². The summed E-state index contributed by atoms with van der Waals surface area (Å²) in [5.41, 5.74) is -0.621. The molecule has 88 valence electrons. The van der Waals surface area contributed by atoms with Crippen LogP contribution >= 0.6 is 0 Å². The second kappa shape index (κ2) is 4.46. The number of Topliss-reactive ketones (excluding diaryl/α,β-unsaturated/α-hetero) is 1. The number of aromatic nitrogens is 1. The van der Waals surface area contributed by atoms with Gasteiger partial charge in [0.2, 0.25) is 5.78 Å². The Kier molecular flexibility index (Phi) is 3.46. The van der Waals surface area contributed by atoms with Gasteiger partial charge in [0.25, 0.3) is 0 Å². The number of ether oxygens (including phenoxy) is 1. The summed E-state index contributed by atoms with van der Waals surface area (Å²) in [7, 11) is 1.23. The first-order valence-corrected chi connectivity index (χ1v) is 4.09. The van der Waals surface area contributed by atoms with Gasteiger partial charge in [0.15, 0.2) is 0 Å². The van der Waals surface area contributed by atoms with Gasteiger partial charge in [-0.05, 0) is 6.07 Å². The third-order valence-corrected chi connectivity index (χ3v) is 1.79. The molecule has 0 aliphatic rings. The third-order valence-electron chi connectivity index (χ3n) is 1.79. The van der Waals surface area contributed by atoms with E-state index in [2.05, 4.69) is 9.72 Å². The fourth-order valence-electron chi connectivity index (χ4n) is 0.946. The minimum atomic E-state index is -4.71. The van der Waals surface area contributed by atoms with Crippen molar-refractivity contribution < 1.29 is 27.1 Å². The summed E-state index contributed by atoms with van der Waals surface area (Å²) in [6, 6.07) is 0.922. The molecule has 0 saturated carbocycles. The predicted molar refractivity (Wildman–Crippen MR) is 46.1 cm³/mol. The number of carbonyl (C=O) groups excluding carboxylic acids is 1. The van der Waals surface area contributed by atoms with Gasteiger partial charge in [0.05, 0.1) is 13.3 Å². The fraction of sp³-hybridized carbons (Fsp3) is 0.333. The van der Waals surface area contributed by atoms with Gasteiger partial charge in [0, 0.05) is 11.8 Å². The van der Waals surface area contributed by atoms with Crippen LogP contribution in [0.1, 0.15) is 10.4 Å². The van der Waals surface area contributed by atoms with Gasteiger partial charge < -0.3 is 4.74 Å². The van der Waals surface area contributed by atoms with E-state index in [9.17, 15) is 22.4 Å². The van der Waals surface area contributed by atoms with Crippen molar-refractivity contribution in [3.8, 4) is 5.75 Å². The molecule has 0 aromatic carbocycles. The van der Waals surface area contributed by atoms with Gasteiger partial charge >= 0.3 is 12.3 Å². The minimum Gasteiger partial charge on any atom is -0.495 e. The van der Waals surface area contributed by atoms with Crippen molar-refractivity contribution in [3.05, 3.63) is 24.0 Å². The molecule has 0 saturated heterocycles. The lowest BCUT2D eigenvalue weighted by Crippen LogP contribution is -2.36. The lowest BCUT2D eigenvalue weighted by atomic mass is 10.1. The van der Waals surface area contributed by atoms with Gasteiger partial charge in [-0.15, -0.1) is 0 Å². The Morgan fingerprint density at radius 1 is 1.44 bits per heavy atom. The molecule has 3 nitrogen and oxygen atoms in total. The first-order valence-electron chi connectivity index (χ1n) is 4.09. The van der Waals surface area contributed by atoms with E-state index in [1.54, 1.807) is 0 Å². The number of methoxy groups -OCH3 is 1. The molecule has 1 rings (SSSR count). The van der Waals surface area contributed by atoms with Crippen molar-refractivity contribution in [1.29, 1.82) is 0 Å². The molecule has 7 heteroatoms. The number of hydrogen-bond acceptors (Lipinski definition) is 3. The molecule has 1 aromatic heterocycles. The highest BCUT2D eigenvalue weighted by Crippen LogP contribution is 2.28. The second-order valence-corrected chi connectivity index (χ2v) is 2.87. The van der Waals surface area contributed by atoms with Crippen LogP contribution in [0.2, 0.25) is 0 Å². The summed E-state index contributed by atoms with van der Waals surface area (Å²) in [6.07, 6.45) is -2.11. The predicted octanol–water partition coefficient (Wildman–Crippen LogP) is 2.17. The maximum Gasteiger partial charge on any atom is 0.368 e. The molecule has 0 fully saturated rings. The van der Waals surface area contributed by atoms with Crippen molar-refractivity contribution in [2.75, 3.05) is 7.11 Å². The normalized spacial score (nSPS) is 11.6. The van der Waals surface area contributed by atoms with Crippen LogP contribution in [0.25, 0.3) is 0 Å². The van der Waals surface area contributed by atoms with E-state index in [1.807, 2.05) is 0 Å². The van der Waals surface area contributed by atoms with E-state index in [4.69, 9.17) is 0 Å². The van der Waals surface area contributed by atoms with Crippen molar-refractivity contribution in [1.82, 2.24) is 4.98 Å². The Morgan fingerprint density at radius 3 is 2.56 bits per heavy atom. The minimum absolute atomic E-state index is 0.0379. The summed E-state index contributed by atoms with van der Waals surface area (Å²) in [5, 5.41) is 0. The van der Waals surface area contributed by atoms with Crippen molar-refractivity contribution >= 4 is 5.78 Å². The molecule has 0 aliphatic carbocycles. The quantitative estimate of drug-likeness (QED) is 0.595. The van der Waals surface area contributed by atoms with Crippen LogP contribution in [0, 0.1) is 0 Å². The van der Waals surface area contributed by atoms with Crippen LogP contribution in [0.4, 0.5) is 17.6 Å². The molecular weight excluding hydrogens is 230 g/mol. The number of hydrogen-bond donors (Lipinski definition) is 0. The van der Waals surface area contributed by atoms with Gasteiger partial charge in [-0.3, -0.25) is 9.78 Å². The zero-order valence-corrected chi connectivity index (χ0v) is 8.08. The molecule has 16 heavy (non-hydrogen) atoms. The van der Waals surface area contributed by atoms with Crippen molar-refractivity contribution in [2.45, 2.75) is 12.3 Å². The topological polar surface area (TPSA) is 39.2 Å². The molecule has 0 aliphatic heterocycles. The van der Waals surface area contributed by atoms with Gasteiger partial charge in [-0.2, -0.15) is 8.78 Å². The Bertz CT molecular complexity index is 395. The first kappa shape index (κ1) is 12.4. The zero-order valence-electron chi connectivity index (χ0n) is 8.08. The van der Waals surface area contributed by atoms with Crippen LogP contribution in [0.15, 0.2) is 18.5 Å². The zero-order chi connectivity index (χ0) is 12.3. The number of alkyl halides is 4. The fourth-order valence-corrected chi connectivity index (χ4v) is 0.946. The highest BCUT2D eigenvalue weighted by molar-refractivity contribution is 6.01. The molecule has 0 bridgehead atoms. The van der Waals surface area contributed by atoms with E-state index in [1.165, 1.54) is 7.11 Å². The van der Waals surface area contributed by atoms with Crippen molar-refractivity contribution in [2.24, 2.45) is 0 Å². The van der Waals surface area contributed by atoms with Crippen molar-refractivity contribution in [3.63, 3.8) is 0 Å². The number of ketones is 1. The average Bonchev–Trinajstić information content (AvgIpc) is 2.27. The van der Waals surface area contributed by atoms with Crippen LogP contribution in [0.3, 0.4) is 0 Å². The monoisotopic (exact) mass is 237 g/mol. The van der Waals surface area contributed by atoms with Gasteiger partial charge in [-0.1, -0.05) is 0 Å². The Hall–Kier alpha value is -1.66. The highest BCUT2D eigenvalue weighted by Gasteiger charge is 2.49. The van der Waals surface area contributed by atoms with E-state index < -0.39 is 23.7 Å². The van der Waals surface area contributed by atoms with Crippen LogP contribution in [-0.4, -0.2) is 30.2 Å². The second-order valence-electron chi connectivity index (χ2n) is 2.87. The van der Waals surface area contributed by atoms with Gasteiger partial charge in [-0.25, -0.2) is 8.78 Å². The molecule has 0 atom stereocenters. The molecular formula is C9H7F4NO2. The summed E-state index contributed by atoms with van der Waals surface area (Å²) >= 11 is 0. The summed E-state index contributed by atoms with van der Waals surface area (Å²) in [4.78, 5) is 14.5. The number of rotatable bonds is 4. The van der Waals surface area contributed by atoms with Crippen LogP contribution < -0.4 is 4.74 Å². The molecule has 0 amide bonds. The number of nitrogens with zero attached hydrogens (tertiary/aromatic N) is 1. The Balaban J connectivity index is 3.05. The SMILES string of the molecule is COc1cncc(C(=O)C(F)(F)C(F)F)c1. The molecule has 0 radical (unpaired) electrons. The maximum absolute atomic E-state index is 12.7. The number of halogens is 4. The molecule has 0 N–H and O–H groups in total. The molecule has 0 unspecified atom stereocenters. The first-order chi connectivity index (χ1) is 7.39. The maximum atomic E-state index is 12.7. The van der Waals surface area contributed by atoms with Crippen LogP contribution in [-0.2, 0) is 0 Å². The number of carbonyl (C=O) groups is 1. The third kappa shape index (κ3) is 2.29. The molecule has 1 aromatic rings. The summed E-state index contributed by atoms with van der Waals surface area (Å²) < 4.78 is 53.8. The van der Waals surface area contributed by atoms with Crippen LogP contribution in [0.5, 0.6) is 5.75 Å². The standard InChI is InChI=1S/C9H7F4NO2/c1-16-6-2-5(3-14-4-6)7(15)9(12,13)8(10)11/h2-4,8H,1H3. The molecule has 0 spiro atoms. The average molecular weight is 237 g/mol. The number of pyridine rings is 1. The summed E-state index contributed by atoms with van der Waals surface area (Å²) in [6.45, 7) is 0. The highest BCUT2D eigenvalue weighted by atomic mass is 19.3. The smallest absolute Gasteiger partial charge is 0.368 e. The Morgan fingerprint density at radius 2 is 2.06 bits per heavy atom. The lowest BCUT2D eigenvalue weighted by molar-refractivity contribution is -0.0958. The van der Waals surface area contributed by atoms with E-state index in [0.717, 1.165) is 18.5 Å².